The standard InChI is InChI=1S/C14H20N4O3/c1-16-6-4-15-13(16)14(20)18-5-3-11-10(8-18)7-17(2)12(19)9-21-11/h4,6,10-11H,3,5,7-9H2,1-2H3/t10-,11-/m0/s1. The maximum atomic E-state index is 12.5. The van der Waals surface area contributed by atoms with Crippen molar-refractivity contribution in [3.8, 4) is 0 Å². The Kier molecular flexibility index (Phi) is 3.67. The number of hydrogen-bond acceptors (Lipinski definition) is 4. The third kappa shape index (κ3) is 2.65. The average molecular weight is 292 g/mol. The molecule has 3 heterocycles. The number of hydrogen-bond donors (Lipinski definition) is 0. The highest BCUT2D eigenvalue weighted by molar-refractivity contribution is 5.90. The van der Waals surface area contributed by atoms with Gasteiger partial charge in [0.1, 0.15) is 6.61 Å². The molecule has 2 fully saturated rings. The fourth-order valence-electron chi connectivity index (χ4n) is 3.05. The number of aryl methyl sites for hydroxylation is 1. The molecule has 2 aliphatic heterocycles. The molecule has 3 rings (SSSR count). The lowest BCUT2D eigenvalue weighted by Crippen LogP contribution is -2.49. The van der Waals surface area contributed by atoms with Crippen LogP contribution in [0, 0.1) is 5.92 Å². The SMILES string of the molecule is CN1C[C@H]2CN(C(=O)c3nccn3C)CC[C@@H]2OCC1=O. The zero-order chi connectivity index (χ0) is 15.0. The molecule has 114 valence electrons. The van der Waals surface area contributed by atoms with Crippen molar-refractivity contribution < 1.29 is 14.3 Å². The van der Waals surface area contributed by atoms with E-state index in [2.05, 4.69) is 4.98 Å². The van der Waals surface area contributed by atoms with Gasteiger partial charge in [0.05, 0.1) is 6.10 Å². The summed E-state index contributed by atoms with van der Waals surface area (Å²) >= 11 is 0. The number of carbonyl (C=O) groups is 2. The highest BCUT2D eigenvalue weighted by Crippen LogP contribution is 2.24. The molecule has 0 aromatic carbocycles. The molecule has 0 radical (unpaired) electrons. The zero-order valence-corrected chi connectivity index (χ0v) is 12.4. The largest absolute Gasteiger partial charge is 0.368 e. The van der Waals surface area contributed by atoms with E-state index in [0.717, 1.165) is 6.42 Å². The Morgan fingerprint density at radius 2 is 2.19 bits per heavy atom. The Morgan fingerprint density at radius 3 is 2.90 bits per heavy atom. The molecule has 0 saturated carbocycles. The van der Waals surface area contributed by atoms with Crippen LogP contribution in [0.15, 0.2) is 12.4 Å². The van der Waals surface area contributed by atoms with Crippen molar-refractivity contribution in [3.63, 3.8) is 0 Å². The molecule has 7 heteroatoms. The van der Waals surface area contributed by atoms with Crippen LogP contribution in [0.1, 0.15) is 17.0 Å². The summed E-state index contributed by atoms with van der Waals surface area (Å²) in [7, 11) is 3.60. The van der Waals surface area contributed by atoms with Gasteiger partial charge in [0.25, 0.3) is 5.91 Å². The van der Waals surface area contributed by atoms with Crippen molar-refractivity contribution in [2.45, 2.75) is 12.5 Å². The Morgan fingerprint density at radius 1 is 1.38 bits per heavy atom. The van der Waals surface area contributed by atoms with Crippen molar-refractivity contribution in [3.05, 3.63) is 18.2 Å². The molecule has 7 nitrogen and oxygen atoms in total. The molecule has 0 spiro atoms. The monoisotopic (exact) mass is 292 g/mol. The number of nitrogens with zero attached hydrogens (tertiary/aromatic N) is 4. The van der Waals surface area contributed by atoms with Gasteiger partial charge in [-0.15, -0.1) is 0 Å². The summed E-state index contributed by atoms with van der Waals surface area (Å²) in [4.78, 5) is 31.8. The van der Waals surface area contributed by atoms with Gasteiger partial charge in [-0.1, -0.05) is 0 Å². The van der Waals surface area contributed by atoms with Crippen LogP contribution in [0.25, 0.3) is 0 Å². The normalized spacial score (nSPS) is 26.5. The van der Waals surface area contributed by atoms with Gasteiger partial charge in [0, 0.05) is 52.0 Å². The van der Waals surface area contributed by atoms with E-state index in [9.17, 15) is 9.59 Å². The van der Waals surface area contributed by atoms with Crippen molar-refractivity contribution in [2.75, 3.05) is 33.3 Å². The predicted octanol–water partition coefficient (Wildman–Crippen LogP) is -0.261. The second kappa shape index (κ2) is 5.48. The number of likely N-dealkylation sites (N-methyl/N-ethyl adjacent to an activating group) is 1. The van der Waals surface area contributed by atoms with Crippen LogP contribution < -0.4 is 0 Å². The summed E-state index contributed by atoms with van der Waals surface area (Å²) in [5.74, 6) is 0.567. The lowest BCUT2D eigenvalue weighted by molar-refractivity contribution is -0.133. The quantitative estimate of drug-likeness (QED) is 0.715. The molecule has 2 aliphatic rings. The minimum absolute atomic E-state index is 0.00591. The van der Waals surface area contributed by atoms with Crippen molar-refractivity contribution in [1.82, 2.24) is 19.4 Å². The number of carbonyl (C=O) groups excluding carboxylic acids is 2. The van der Waals surface area contributed by atoms with E-state index in [1.54, 1.807) is 28.9 Å². The molecule has 0 N–H and O–H groups in total. The summed E-state index contributed by atoms with van der Waals surface area (Å²) in [5, 5.41) is 0. The summed E-state index contributed by atoms with van der Waals surface area (Å²) in [6.07, 6.45) is 4.22. The number of piperidine rings is 1. The Bertz CT molecular complexity index is 556. The molecule has 2 saturated heterocycles. The number of amides is 2. The number of rotatable bonds is 1. The molecule has 0 aliphatic carbocycles. The first-order valence-electron chi connectivity index (χ1n) is 7.18. The number of fused-ring (bicyclic) bond motifs is 1. The fourth-order valence-corrected chi connectivity index (χ4v) is 3.05. The Hall–Kier alpha value is -1.89. The van der Waals surface area contributed by atoms with E-state index in [0.29, 0.717) is 25.5 Å². The number of ether oxygens (including phenoxy) is 1. The van der Waals surface area contributed by atoms with Crippen LogP contribution >= 0.6 is 0 Å². The third-order valence-corrected chi connectivity index (χ3v) is 4.32. The number of imidazole rings is 1. The van der Waals surface area contributed by atoms with Gasteiger partial charge < -0.3 is 19.1 Å². The lowest BCUT2D eigenvalue weighted by atomic mass is 9.94. The van der Waals surface area contributed by atoms with Crippen LogP contribution in [-0.4, -0.2) is 70.6 Å². The van der Waals surface area contributed by atoms with Gasteiger partial charge in [-0.05, 0) is 6.42 Å². The maximum absolute atomic E-state index is 12.5. The van der Waals surface area contributed by atoms with Crippen molar-refractivity contribution >= 4 is 11.8 Å². The summed E-state index contributed by atoms with van der Waals surface area (Å²) < 4.78 is 7.41. The Balaban J connectivity index is 1.72. The molecule has 2 atom stereocenters. The van der Waals surface area contributed by atoms with Gasteiger partial charge in [-0.3, -0.25) is 9.59 Å². The topological polar surface area (TPSA) is 67.7 Å². The van der Waals surface area contributed by atoms with Crippen LogP contribution in [0.3, 0.4) is 0 Å². The van der Waals surface area contributed by atoms with E-state index in [1.807, 2.05) is 11.9 Å². The van der Waals surface area contributed by atoms with E-state index in [1.165, 1.54) is 0 Å². The second-order valence-corrected chi connectivity index (χ2v) is 5.79. The maximum Gasteiger partial charge on any atom is 0.289 e. The van der Waals surface area contributed by atoms with Crippen LogP contribution in [0.4, 0.5) is 0 Å². The summed E-state index contributed by atoms with van der Waals surface area (Å²) in [5.41, 5.74) is 0. The second-order valence-electron chi connectivity index (χ2n) is 5.79. The lowest BCUT2D eigenvalue weighted by Gasteiger charge is -2.37. The smallest absolute Gasteiger partial charge is 0.289 e. The highest BCUT2D eigenvalue weighted by atomic mass is 16.5. The van der Waals surface area contributed by atoms with E-state index in [-0.39, 0.29) is 30.4 Å². The van der Waals surface area contributed by atoms with Gasteiger partial charge in [0.15, 0.2) is 5.82 Å². The molecular formula is C14H20N4O3. The van der Waals surface area contributed by atoms with Crippen molar-refractivity contribution in [1.29, 1.82) is 0 Å². The Labute approximate surface area is 123 Å². The third-order valence-electron chi connectivity index (χ3n) is 4.32. The predicted molar refractivity (Wildman–Crippen MR) is 74.6 cm³/mol. The molecule has 1 aromatic rings. The van der Waals surface area contributed by atoms with E-state index < -0.39 is 0 Å². The molecule has 2 amide bonds. The first-order valence-corrected chi connectivity index (χ1v) is 7.18. The number of aromatic nitrogens is 2. The average Bonchev–Trinajstić information content (AvgIpc) is 2.84. The van der Waals surface area contributed by atoms with Crippen LogP contribution in [-0.2, 0) is 16.6 Å². The molecule has 0 bridgehead atoms. The van der Waals surface area contributed by atoms with Gasteiger partial charge in [0.2, 0.25) is 5.91 Å². The zero-order valence-electron chi connectivity index (χ0n) is 12.4. The minimum atomic E-state index is -0.0563. The van der Waals surface area contributed by atoms with Crippen LogP contribution in [0.5, 0.6) is 0 Å². The van der Waals surface area contributed by atoms with E-state index >= 15 is 0 Å². The molecule has 0 unspecified atom stereocenters. The van der Waals surface area contributed by atoms with Crippen LogP contribution in [0.2, 0.25) is 0 Å². The summed E-state index contributed by atoms with van der Waals surface area (Å²) in [6, 6.07) is 0. The molecule has 21 heavy (non-hydrogen) atoms. The van der Waals surface area contributed by atoms with E-state index in [4.69, 9.17) is 4.74 Å². The number of likely N-dealkylation sites (tertiary alicyclic amines) is 1. The first kappa shape index (κ1) is 14.1. The fraction of sp³-hybridized carbons (Fsp3) is 0.643. The van der Waals surface area contributed by atoms with Gasteiger partial charge in [-0.2, -0.15) is 0 Å². The minimum Gasteiger partial charge on any atom is -0.368 e. The molecule has 1 aromatic heterocycles. The molecular weight excluding hydrogens is 272 g/mol. The first-order chi connectivity index (χ1) is 10.1. The highest BCUT2D eigenvalue weighted by Gasteiger charge is 2.36. The van der Waals surface area contributed by atoms with Gasteiger partial charge >= 0.3 is 0 Å². The van der Waals surface area contributed by atoms with Crippen molar-refractivity contribution in [2.24, 2.45) is 13.0 Å². The van der Waals surface area contributed by atoms with Gasteiger partial charge in [-0.25, -0.2) is 4.98 Å². The summed E-state index contributed by atoms with van der Waals surface area (Å²) in [6.45, 7) is 2.03.